The maximum atomic E-state index is 6.28. The SMILES string of the molecule is c1cc(-c2c3ccccc3c(-c3ccc4oc5ccccc5c4c3)c3ccccc23)cc(-c2cc3cccc4oc5cccc2c5c34)c1. The summed E-state index contributed by atoms with van der Waals surface area (Å²) in [5.74, 6) is 0. The van der Waals surface area contributed by atoms with E-state index in [0.717, 1.165) is 33.1 Å². The fraction of sp³-hybridized carbons (Fsp3) is 0. The summed E-state index contributed by atoms with van der Waals surface area (Å²) in [6, 6.07) is 56.8. The van der Waals surface area contributed by atoms with Gasteiger partial charge in [0, 0.05) is 21.5 Å². The maximum absolute atomic E-state index is 6.28. The smallest absolute Gasteiger partial charge is 0.136 e. The van der Waals surface area contributed by atoms with Crippen molar-refractivity contribution in [2.45, 2.75) is 0 Å². The number of fused-ring (bicyclic) bond motifs is 5. The number of benzene rings is 9. The van der Waals surface area contributed by atoms with Gasteiger partial charge in [0.2, 0.25) is 0 Å². The van der Waals surface area contributed by atoms with Crippen LogP contribution in [0.4, 0.5) is 0 Å². The van der Waals surface area contributed by atoms with Crippen molar-refractivity contribution in [3.8, 4) is 33.4 Å². The molecule has 0 amide bonds. The second kappa shape index (κ2) is 9.57. The van der Waals surface area contributed by atoms with Crippen LogP contribution in [-0.2, 0) is 0 Å². The lowest BCUT2D eigenvalue weighted by atomic mass is 9.85. The molecule has 0 spiro atoms. The first kappa shape index (κ1) is 25.8. The van der Waals surface area contributed by atoms with E-state index in [1.165, 1.54) is 76.5 Å². The normalized spacial score (nSPS) is 12.2. The Bertz CT molecular complexity index is 3010. The van der Waals surface area contributed by atoms with Crippen molar-refractivity contribution in [1.82, 2.24) is 0 Å². The van der Waals surface area contributed by atoms with Crippen LogP contribution in [0.2, 0.25) is 0 Å². The Labute approximate surface area is 275 Å². The zero-order valence-electron chi connectivity index (χ0n) is 25.8. The van der Waals surface area contributed by atoms with E-state index in [2.05, 4.69) is 146 Å². The second-order valence-electron chi connectivity index (χ2n) is 12.8. The summed E-state index contributed by atoms with van der Waals surface area (Å²) in [5, 5.41) is 12.1. The first-order valence-corrected chi connectivity index (χ1v) is 16.4. The first-order chi connectivity index (χ1) is 23.8. The minimum atomic E-state index is 0.911. The highest BCUT2D eigenvalue weighted by atomic mass is 16.3. The molecule has 2 nitrogen and oxygen atoms in total. The van der Waals surface area contributed by atoms with E-state index >= 15 is 0 Å². The predicted molar refractivity (Wildman–Crippen MR) is 201 cm³/mol. The highest BCUT2D eigenvalue weighted by Gasteiger charge is 2.20. The highest BCUT2D eigenvalue weighted by Crippen LogP contribution is 2.46. The molecule has 0 atom stereocenters. The van der Waals surface area contributed by atoms with Crippen LogP contribution in [0.5, 0.6) is 0 Å². The van der Waals surface area contributed by atoms with Crippen LogP contribution in [0, 0.1) is 0 Å². The van der Waals surface area contributed by atoms with Gasteiger partial charge in [0.15, 0.2) is 0 Å². The summed E-state index contributed by atoms with van der Waals surface area (Å²) in [5.41, 5.74) is 11.0. The molecule has 0 aliphatic heterocycles. The predicted octanol–water partition coefficient (Wildman–Crippen LogP) is 13.4. The molecule has 2 heteroatoms. The maximum Gasteiger partial charge on any atom is 0.136 e. The molecule has 0 unspecified atom stereocenters. The molecule has 2 aromatic heterocycles. The van der Waals surface area contributed by atoms with Crippen molar-refractivity contribution >= 4 is 76.2 Å². The highest BCUT2D eigenvalue weighted by molar-refractivity contribution is 6.26. The number of para-hydroxylation sites is 1. The molecule has 2 heterocycles. The molecule has 0 aliphatic carbocycles. The third-order valence-electron chi connectivity index (χ3n) is 10.2. The standard InChI is InChI=1S/C46H26O2/c1-3-16-34-32(14-1)43(33-15-2-4-17-35(33)44(34)30-22-23-40-38(26-30)31-13-5-6-19-39(31)47-40)28-11-7-10-27(24-28)37-25-29-12-8-20-41-45(29)46-36(37)18-9-21-42(46)48-41/h1-26H. The van der Waals surface area contributed by atoms with Gasteiger partial charge in [-0.25, -0.2) is 0 Å². The van der Waals surface area contributed by atoms with Gasteiger partial charge in [-0.05, 0) is 108 Å². The number of furan rings is 2. The van der Waals surface area contributed by atoms with E-state index < -0.39 is 0 Å². The Morgan fingerprint density at radius 1 is 0.292 bits per heavy atom. The molecular weight excluding hydrogens is 585 g/mol. The van der Waals surface area contributed by atoms with Crippen LogP contribution >= 0.6 is 0 Å². The van der Waals surface area contributed by atoms with Crippen LogP contribution in [0.15, 0.2) is 167 Å². The summed E-state index contributed by atoms with van der Waals surface area (Å²) in [6.45, 7) is 0. The molecule has 0 saturated carbocycles. The molecule has 222 valence electrons. The Morgan fingerprint density at radius 3 is 1.56 bits per heavy atom. The molecule has 0 saturated heterocycles. The van der Waals surface area contributed by atoms with Gasteiger partial charge in [0.05, 0.1) is 0 Å². The average molecular weight is 611 g/mol. The van der Waals surface area contributed by atoms with Gasteiger partial charge in [-0.2, -0.15) is 0 Å². The van der Waals surface area contributed by atoms with Crippen LogP contribution < -0.4 is 0 Å². The van der Waals surface area contributed by atoms with Crippen molar-refractivity contribution in [3.63, 3.8) is 0 Å². The molecule has 0 radical (unpaired) electrons. The molecule has 48 heavy (non-hydrogen) atoms. The third-order valence-corrected chi connectivity index (χ3v) is 10.2. The molecule has 9 aromatic carbocycles. The molecular formula is C46H26O2. The van der Waals surface area contributed by atoms with E-state index in [4.69, 9.17) is 8.83 Å². The molecule has 0 N–H and O–H groups in total. The van der Waals surface area contributed by atoms with Crippen LogP contribution in [0.25, 0.3) is 110 Å². The Balaban J connectivity index is 1.18. The summed E-state index contributed by atoms with van der Waals surface area (Å²) in [7, 11) is 0. The summed E-state index contributed by atoms with van der Waals surface area (Å²) in [4.78, 5) is 0. The molecule has 0 fully saturated rings. The van der Waals surface area contributed by atoms with Crippen molar-refractivity contribution < 1.29 is 8.83 Å². The summed E-state index contributed by atoms with van der Waals surface area (Å²) < 4.78 is 12.5. The van der Waals surface area contributed by atoms with Crippen molar-refractivity contribution in [2.75, 3.05) is 0 Å². The molecule has 0 bridgehead atoms. The van der Waals surface area contributed by atoms with Crippen molar-refractivity contribution in [2.24, 2.45) is 0 Å². The number of rotatable bonds is 3. The Kier molecular flexibility index (Phi) is 5.14. The fourth-order valence-electron chi connectivity index (χ4n) is 8.18. The van der Waals surface area contributed by atoms with Gasteiger partial charge in [0.1, 0.15) is 22.3 Å². The Hall–Kier alpha value is -6.38. The molecule has 11 rings (SSSR count). The minimum Gasteiger partial charge on any atom is -0.456 e. The minimum absolute atomic E-state index is 0.911. The van der Waals surface area contributed by atoms with Crippen LogP contribution in [0.3, 0.4) is 0 Å². The summed E-state index contributed by atoms with van der Waals surface area (Å²) >= 11 is 0. The van der Waals surface area contributed by atoms with Gasteiger partial charge in [0.25, 0.3) is 0 Å². The Morgan fingerprint density at radius 2 is 0.812 bits per heavy atom. The lowest BCUT2D eigenvalue weighted by Crippen LogP contribution is -1.91. The quantitative estimate of drug-likeness (QED) is 0.147. The van der Waals surface area contributed by atoms with Crippen LogP contribution in [0.1, 0.15) is 0 Å². The summed E-state index contributed by atoms with van der Waals surface area (Å²) in [6.07, 6.45) is 0. The second-order valence-corrected chi connectivity index (χ2v) is 12.8. The average Bonchev–Trinajstić information content (AvgIpc) is 3.72. The van der Waals surface area contributed by atoms with Gasteiger partial charge < -0.3 is 8.83 Å². The van der Waals surface area contributed by atoms with Gasteiger partial charge in [-0.15, -0.1) is 0 Å². The monoisotopic (exact) mass is 610 g/mol. The van der Waals surface area contributed by atoms with E-state index in [1.807, 2.05) is 12.1 Å². The van der Waals surface area contributed by atoms with E-state index in [1.54, 1.807) is 0 Å². The third kappa shape index (κ3) is 3.52. The van der Waals surface area contributed by atoms with Crippen LogP contribution in [-0.4, -0.2) is 0 Å². The van der Waals surface area contributed by atoms with Crippen molar-refractivity contribution in [1.29, 1.82) is 0 Å². The number of hydrogen-bond acceptors (Lipinski definition) is 2. The van der Waals surface area contributed by atoms with E-state index in [0.29, 0.717) is 0 Å². The topological polar surface area (TPSA) is 26.3 Å². The fourth-order valence-corrected chi connectivity index (χ4v) is 8.18. The number of hydrogen-bond donors (Lipinski definition) is 0. The van der Waals surface area contributed by atoms with Gasteiger partial charge in [-0.3, -0.25) is 0 Å². The van der Waals surface area contributed by atoms with Gasteiger partial charge in [-0.1, -0.05) is 115 Å². The zero-order valence-corrected chi connectivity index (χ0v) is 25.8. The first-order valence-electron chi connectivity index (χ1n) is 16.4. The van der Waals surface area contributed by atoms with Crippen molar-refractivity contribution in [3.05, 3.63) is 158 Å². The van der Waals surface area contributed by atoms with E-state index in [-0.39, 0.29) is 0 Å². The molecule has 0 aliphatic rings. The van der Waals surface area contributed by atoms with E-state index in [9.17, 15) is 0 Å². The molecule has 11 aromatic rings. The lowest BCUT2D eigenvalue weighted by Gasteiger charge is -2.18. The largest absolute Gasteiger partial charge is 0.456 e. The van der Waals surface area contributed by atoms with Gasteiger partial charge >= 0.3 is 0 Å². The zero-order chi connectivity index (χ0) is 31.3. The lowest BCUT2D eigenvalue weighted by molar-refractivity contribution is 0.668.